The Hall–Kier alpha value is -2.42. The molecule has 0 unspecified atom stereocenters. The highest BCUT2D eigenvalue weighted by atomic mass is 14.7. The van der Waals surface area contributed by atoms with Crippen LogP contribution in [0.2, 0.25) is 0 Å². The Morgan fingerprint density at radius 3 is 2.59 bits per heavy atom. The molecular weight excluding hydrogens is 210 g/mol. The fraction of sp³-hybridized carbons (Fsp3) is 0. The van der Waals surface area contributed by atoms with Crippen molar-refractivity contribution in [3.05, 3.63) is 49.1 Å². The van der Waals surface area contributed by atoms with Gasteiger partial charge in [-0.05, 0) is 6.07 Å². The van der Waals surface area contributed by atoms with Crippen molar-refractivity contribution in [3.63, 3.8) is 0 Å². The van der Waals surface area contributed by atoms with Crippen LogP contribution in [-0.4, -0.2) is 15.0 Å². The van der Waals surface area contributed by atoms with Crippen LogP contribution >= 0.6 is 0 Å². The number of hydrogen-bond acceptors (Lipinski definition) is 2. The minimum absolute atomic E-state index is 0.987. The van der Waals surface area contributed by atoms with Gasteiger partial charge < -0.3 is 4.98 Å². The first-order valence-corrected chi connectivity index (χ1v) is 5.52. The van der Waals surface area contributed by atoms with Gasteiger partial charge in [-0.25, -0.2) is 0 Å². The molecule has 0 fully saturated rings. The van der Waals surface area contributed by atoms with Gasteiger partial charge in [0.05, 0.1) is 11.0 Å². The number of aromatic amines is 1. The second-order valence-electron chi connectivity index (χ2n) is 4.12. The number of benzene rings is 1. The van der Waals surface area contributed by atoms with Gasteiger partial charge in [0.2, 0.25) is 0 Å². The van der Waals surface area contributed by atoms with E-state index in [0.717, 1.165) is 21.8 Å². The summed E-state index contributed by atoms with van der Waals surface area (Å²) in [6.07, 6.45) is 7.70. The van der Waals surface area contributed by atoms with Crippen molar-refractivity contribution in [1.82, 2.24) is 15.0 Å². The maximum Gasteiger partial charge on any atom is 0.0875 e. The Balaban J connectivity index is 2.47. The van der Waals surface area contributed by atoms with Gasteiger partial charge in [0.1, 0.15) is 0 Å². The van der Waals surface area contributed by atoms with E-state index in [2.05, 4.69) is 21.0 Å². The van der Waals surface area contributed by atoms with Gasteiger partial charge in [-0.15, -0.1) is 0 Å². The number of pyridine rings is 1. The molecule has 0 saturated heterocycles. The minimum Gasteiger partial charge on any atom is -0.365 e. The predicted octanol–water partition coefficient (Wildman–Crippen LogP) is 3.26. The summed E-state index contributed by atoms with van der Waals surface area (Å²) in [7, 11) is 0. The molecule has 3 heterocycles. The Kier molecular flexibility index (Phi) is 1.56. The molecule has 0 aliphatic carbocycles. The molecule has 0 aliphatic rings. The van der Waals surface area contributed by atoms with E-state index in [1.807, 2.05) is 43.0 Å². The summed E-state index contributed by atoms with van der Waals surface area (Å²) < 4.78 is 0. The predicted molar refractivity (Wildman–Crippen MR) is 68.9 cm³/mol. The number of rotatable bonds is 0. The van der Waals surface area contributed by atoms with Crippen molar-refractivity contribution in [3.8, 4) is 0 Å². The summed E-state index contributed by atoms with van der Waals surface area (Å²) in [5, 5.41) is 4.58. The summed E-state index contributed by atoms with van der Waals surface area (Å²) in [5.41, 5.74) is 1.99. The first-order valence-electron chi connectivity index (χ1n) is 5.52. The van der Waals surface area contributed by atoms with Crippen molar-refractivity contribution in [2.45, 2.75) is 0 Å². The van der Waals surface area contributed by atoms with Gasteiger partial charge in [-0.2, -0.15) is 0 Å². The van der Waals surface area contributed by atoms with Gasteiger partial charge >= 0.3 is 0 Å². The lowest BCUT2D eigenvalue weighted by atomic mass is 10.1. The van der Waals surface area contributed by atoms with E-state index in [4.69, 9.17) is 0 Å². The van der Waals surface area contributed by atoms with Gasteiger partial charge in [0.25, 0.3) is 0 Å². The fourth-order valence-electron chi connectivity index (χ4n) is 2.36. The van der Waals surface area contributed by atoms with E-state index in [0.29, 0.717) is 0 Å². The first-order chi connectivity index (χ1) is 8.43. The van der Waals surface area contributed by atoms with Crippen LogP contribution in [0.5, 0.6) is 0 Å². The number of nitrogens with zero attached hydrogens (tertiary/aromatic N) is 2. The smallest absolute Gasteiger partial charge is 0.0875 e. The van der Waals surface area contributed by atoms with Crippen molar-refractivity contribution >= 4 is 32.6 Å². The molecule has 0 aliphatic heterocycles. The van der Waals surface area contributed by atoms with Crippen LogP contribution in [-0.2, 0) is 0 Å². The van der Waals surface area contributed by atoms with Crippen LogP contribution in [0.25, 0.3) is 32.6 Å². The topological polar surface area (TPSA) is 41.6 Å². The molecule has 0 bridgehead atoms. The number of fused-ring (bicyclic) bond motifs is 2. The lowest BCUT2D eigenvalue weighted by molar-refractivity contribution is 1.35. The van der Waals surface area contributed by atoms with E-state index in [1.54, 1.807) is 0 Å². The molecule has 0 amide bonds. The van der Waals surface area contributed by atoms with Crippen molar-refractivity contribution < 1.29 is 0 Å². The van der Waals surface area contributed by atoms with E-state index in [1.165, 1.54) is 10.8 Å². The third kappa shape index (κ3) is 1.11. The normalized spacial score (nSPS) is 11.5. The zero-order valence-electron chi connectivity index (χ0n) is 9.01. The van der Waals surface area contributed by atoms with Crippen LogP contribution in [0.15, 0.2) is 49.1 Å². The second-order valence-corrected chi connectivity index (χ2v) is 4.12. The monoisotopic (exact) mass is 219 g/mol. The van der Waals surface area contributed by atoms with Crippen molar-refractivity contribution in [1.29, 1.82) is 0 Å². The third-order valence-corrected chi connectivity index (χ3v) is 3.14. The Labute approximate surface area is 97.1 Å². The number of para-hydroxylation sites is 1. The summed E-state index contributed by atoms with van der Waals surface area (Å²) in [4.78, 5) is 12.1. The van der Waals surface area contributed by atoms with E-state index in [9.17, 15) is 0 Å². The second kappa shape index (κ2) is 3.04. The molecule has 3 nitrogen and oxygen atoms in total. The van der Waals surface area contributed by atoms with Crippen LogP contribution in [0, 0.1) is 0 Å². The molecule has 1 N–H and O–H groups in total. The number of nitrogens with one attached hydrogen (secondary N) is 1. The molecular formula is C14H9N3. The average Bonchev–Trinajstić information content (AvgIpc) is 2.72. The molecule has 0 atom stereocenters. The quantitative estimate of drug-likeness (QED) is 0.493. The standard InChI is InChI=1S/C14H9N3/c1-2-4-12-10(3-1)11-7-15-8-13-14(11)9(5-16-12)6-17-13/h1-8,15H. The largest absolute Gasteiger partial charge is 0.365 e. The molecule has 3 aromatic heterocycles. The fourth-order valence-corrected chi connectivity index (χ4v) is 2.36. The van der Waals surface area contributed by atoms with Gasteiger partial charge in [-0.1, -0.05) is 18.2 Å². The lowest BCUT2D eigenvalue weighted by Gasteiger charge is -1.96. The molecule has 1 aromatic carbocycles. The third-order valence-electron chi connectivity index (χ3n) is 3.14. The zero-order valence-corrected chi connectivity index (χ0v) is 9.01. The van der Waals surface area contributed by atoms with Crippen LogP contribution in [0.4, 0.5) is 0 Å². The zero-order chi connectivity index (χ0) is 11.2. The maximum atomic E-state index is 4.52. The van der Waals surface area contributed by atoms with Crippen molar-refractivity contribution in [2.24, 2.45) is 0 Å². The molecule has 17 heavy (non-hydrogen) atoms. The number of aromatic nitrogens is 3. The average molecular weight is 219 g/mol. The maximum absolute atomic E-state index is 4.52. The van der Waals surface area contributed by atoms with Gasteiger partial charge in [0.15, 0.2) is 0 Å². The highest BCUT2D eigenvalue weighted by Crippen LogP contribution is 2.28. The molecule has 4 rings (SSSR count). The highest BCUT2D eigenvalue weighted by molar-refractivity contribution is 6.16. The van der Waals surface area contributed by atoms with Crippen LogP contribution < -0.4 is 0 Å². The van der Waals surface area contributed by atoms with E-state index in [-0.39, 0.29) is 0 Å². The lowest BCUT2D eigenvalue weighted by Crippen LogP contribution is -1.76. The SMILES string of the molecule is c1ccc2c(c1)ncc1cnc3c[nH]cc2c13. The summed E-state index contributed by atoms with van der Waals surface area (Å²) >= 11 is 0. The molecule has 0 spiro atoms. The first kappa shape index (κ1) is 8.70. The highest BCUT2D eigenvalue weighted by Gasteiger charge is 2.06. The molecule has 4 aromatic rings. The van der Waals surface area contributed by atoms with Gasteiger partial charge in [-0.3, -0.25) is 9.97 Å². The molecule has 80 valence electrons. The number of H-pyrrole nitrogens is 1. The summed E-state index contributed by atoms with van der Waals surface area (Å²) in [6.45, 7) is 0. The number of hydrogen-bond donors (Lipinski definition) is 1. The molecule has 0 saturated carbocycles. The Morgan fingerprint density at radius 2 is 1.65 bits per heavy atom. The van der Waals surface area contributed by atoms with E-state index < -0.39 is 0 Å². The van der Waals surface area contributed by atoms with Gasteiger partial charge in [0, 0.05) is 46.3 Å². The van der Waals surface area contributed by atoms with E-state index >= 15 is 0 Å². The Bertz CT molecular complexity index is 840. The minimum atomic E-state index is 0.987. The van der Waals surface area contributed by atoms with Crippen LogP contribution in [0.1, 0.15) is 0 Å². The summed E-state index contributed by atoms with van der Waals surface area (Å²) in [5.74, 6) is 0. The molecule has 0 radical (unpaired) electrons. The molecule has 3 heteroatoms. The van der Waals surface area contributed by atoms with Crippen LogP contribution in [0.3, 0.4) is 0 Å². The Morgan fingerprint density at radius 1 is 0.824 bits per heavy atom. The summed E-state index contributed by atoms with van der Waals surface area (Å²) in [6, 6.07) is 8.17. The van der Waals surface area contributed by atoms with Crippen molar-refractivity contribution in [2.75, 3.05) is 0 Å².